The highest BCUT2D eigenvalue weighted by Crippen LogP contribution is 2.13. The summed E-state index contributed by atoms with van der Waals surface area (Å²) in [4.78, 5) is 5.14. The Morgan fingerprint density at radius 1 is 1.11 bits per heavy atom. The van der Waals surface area contributed by atoms with Gasteiger partial charge in [0.1, 0.15) is 0 Å². The number of hydrogen-bond acceptors (Lipinski definition) is 2. The van der Waals surface area contributed by atoms with Gasteiger partial charge in [-0.1, -0.05) is 0 Å². The minimum absolute atomic E-state index is 0.826. The van der Waals surface area contributed by atoms with Crippen molar-refractivity contribution < 1.29 is 0 Å². The van der Waals surface area contributed by atoms with Gasteiger partial charge >= 0.3 is 0 Å². The quantitative estimate of drug-likeness (QED) is 0.451. The first-order valence-electron chi connectivity index (χ1n) is 3.82. The molecule has 52 valence electrons. The van der Waals surface area contributed by atoms with Crippen LogP contribution in [-0.2, 0) is 0 Å². The Kier molecular flexibility index (Phi) is 1.24. The summed E-state index contributed by atoms with van der Waals surface area (Å²) in [6.07, 6.45) is 0. The third kappa shape index (κ3) is 0.864. The summed E-state index contributed by atoms with van der Waals surface area (Å²) in [7, 11) is 0. The molecule has 0 spiro atoms. The smallest absolute Gasteiger partial charge is 0.0195 e. The zero-order chi connectivity index (χ0) is 6.27. The normalized spacial score (nSPS) is 49.7. The average Bonchev–Trinajstić information content (AvgIpc) is 1.90. The van der Waals surface area contributed by atoms with Gasteiger partial charge in [-0.3, -0.25) is 9.80 Å². The second-order valence-corrected chi connectivity index (χ2v) is 3.19. The van der Waals surface area contributed by atoms with Crippen LogP contribution in [0.1, 0.15) is 6.92 Å². The van der Waals surface area contributed by atoms with Crippen LogP contribution in [0.25, 0.3) is 0 Å². The molecule has 2 heteroatoms. The zero-order valence-electron chi connectivity index (χ0n) is 6.01. The van der Waals surface area contributed by atoms with E-state index < -0.39 is 0 Å². The van der Waals surface area contributed by atoms with E-state index in [4.69, 9.17) is 0 Å². The zero-order valence-corrected chi connectivity index (χ0v) is 6.01. The van der Waals surface area contributed by atoms with Crippen LogP contribution in [0, 0.1) is 0 Å². The molecule has 0 aliphatic carbocycles. The van der Waals surface area contributed by atoms with E-state index in [9.17, 15) is 0 Å². The molecule has 3 saturated heterocycles. The number of piperazine rings is 3. The Labute approximate surface area is 56.4 Å². The summed E-state index contributed by atoms with van der Waals surface area (Å²) in [5.74, 6) is 0. The molecule has 1 atom stereocenters. The van der Waals surface area contributed by atoms with Gasteiger partial charge in [-0.15, -0.1) is 0 Å². The van der Waals surface area contributed by atoms with Gasteiger partial charge in [0.25, 0.3) is 0 Å². The van der Waals surface area contributed by atoms with Crippen molar-refractivity contribution in [3.8, 4) is 0 Å². The Hall–Kier alpha value is -0.0800. The topological polar surface area (TPSA) is 6.48 Å². The standard InChI is InChI=1S/C7H14N2/c1-7-6-8-2-4-9(7)5-3-8/h7H,2-6H2,1H3/t7-/m0/s1. The van der Waals surface area contributed by atoms with Gasteiger partial charge in [0.05, 0.1) is 0 Å². The Bertz CT molecular complexity index is 105. The molecule has 3 rings (SSSR count). The predicted octanol–water partition coefficient (Wildman–Crippen LogP) is 0.00610. The van der Waals surface area contributed by atoms with Crippen LogP contribution in [0.5, 0.6) is 0 Å². The number of fused-ring (bicyclic) bond motifs is 3. The molecule has 0 aromatic carbocycles. The molecule has 3 heterocycles. The van der Waals surface area contributed by atoms with E-state index >= 15 is 0 Å². The van der Waals surface area contributed by atoms with Gasteiger partial charge in [-0.2, -0.15) is 0 Å². The third-order valence-electron chi connectivity index (χ3n) is 2.55. The highest BCUT2D eigenvalue weighted by atomic mass is 15.3. The summed E-state index contributed by atoms with van der Waals surface area (Å²) in [5.41, 5.74) is 0. The SMILES string of the molecule is C[C@H]1CN2CCN1CC2. The lowest BCUT2D eigenvalue weighted by atomic mass is 10.1. The second-order valence-electron chi connectivity index (χ2n) is 3.19. The lowest BCUT2D eigenvalue weighted by Gasteiger charge is -2.46. The fourth-order valence-electron chi connectivity index (χ4n) is 1.88. The van der Waals surface area contributed by atoms with Crippen LogP contribution in [0.2, 0.25) is 0 Å². The van der Waals surface area contributed by atoms with E-state index in [1.54, 1.807) is 0 Å². The van der Waals surface area contributed by atoms with Crippen molar-refractivity contribution in [3.05, 3.63) is 0 Å². The minimum atomic E-state index is 0.826. The van der Waals surface area contributed by atoms with E-state index in [1.807, 2.05) is 0 Å². The molecule has 9 heavy (non-hydrogen) atoms. The van der Waals surface area contributed by atoms with E-state index in [0.29, 0.717) is 0 Å². The first kappa shape index (κ1) is 5.69. The minimum Gasteiger partial charge on any atom is -0.299 e. The molecule has 0 radical (unpaired) electrons. The first-order chi connectivity index (χ1) is 4.36. The van der Waals surface area contributed by atoms with Crippen molar-refractivity contribution in [2.75, 3.05) is 32.7 Å². The lowest BCUT2D eigenvalue weighted by molar-refractivity contribution is 0.0214. The summed E-state index contributed by atoms with van der Waals surface area (Å²) in [5, 5.41) is 0. The molecule has 0 amide bonds. The van der Waals surface area contributed by atoms with Gasteiger partial charge in [-0.05, 0) is 6.92 Å². The molecular formula is C7H14N2. The van der Waals surface area contributed by atoms with E-state index in [-0.39, 0.29) is 0 Å². The van der Waals surface area contributed by atoms with Crippen LogP contribution < -0.4 is 0 Å². The van der Waals surface area contributed by atoms with Crippen molar-refractivity contribution in [2.24, 2.45) is 0 Å². The highest BCUT2D eigenvalue weighted by Gasteiger charge is 2.28. The van der Waals surface area contributed by atoms with Crippen LogP contribution >= 0.6 is 0 Å². The van der Waals surface area contributed by atoms with Gasteiger partial charge in [0.15, 0.2) is 0 Å². The molecule has 3 fully saturated rings. The molecule has 0 aromatic rings. The van der Waals surface area contributed by atoms with Crippen molar-refractivity contribution in [2.45, 2.75) is 13.0 Å². The summed E-state index contributed by atoms with van der Waals surface area (Å²) >= 11 is 0. The van der Waals surface area contributed by atoms with Crippen molar-refractivity contribution in [1.29, 1.82) is 0 Å². The molecule has 0 aromatic heterocycles. The molecule has 0 N–H and O–H groups in total. The first-order valence-corrected chi connectivity index (χ1v) is 3.82. The second kappa shape index (κ2) is 1.96. The molecule has 3 aliphatic rings. The number of rotatable bonds is 0. The maximum absolute atomic E-state index is 2.58. The Morgan fingerprint density at radius 2 is 1.78 bits per heavy atom. The fourth-order valence-corrected chi connectivity index (χ4v) is 1.88. The Morgan fingerprint density at radius 3 is 2.00 bits per heavy atom. The number of hydrogen-bond donors (Lipinski definition) is 0. The van der Waals surface area contributed by atoms with Crippen molar-refractivity contribution >= 4 is 0 Å². The molecular weight excluding hydrogens is 112 g/mol. The summed E-state index contributed by atoms with van der Waals surface area (Å²) in [6, 6.07) is 0.826. The molecule has 2 bridgehead atoms. The Balaban J connectivity index is 2.06. The number of nitrogens with zero attached hydrogens (tertiary/aromatic N) is 2. The monoisotopic (exact) mass is 126 g/mol. The van der Waals surface area contributed by atoms with Gasteiger partial charge in [0.2, 0.25) is 0 Å². The predicted molar refractivity (Wildman–Crippen MR) is 37.5 cm³/mol. The maximum Gasteiger partial charge on any atom is 0.0195 e. The van der Waals surface area contributed by atoms with Crippen LogP contribution in [0.15, 0.2) is 0 Å². The third-order valence-corrected chi connectivity index (χ3v) is 2.55. The van der Waals surface area contributed by atoms with Crippen LogP contribution in [0.3, 0.4) is 0 Å². The lowest BCUT2D eigenvalue weighted by Crippen LogP contribution is -2.59. The van der Waals surface area contributed by atoms with Gasteiger partial charge in [0, 0.05) is 38.8 Å². The van der Waals surface area contributed by atoms with Gasteiger partial charge in [-0.25, -0.2) is 0 Å². The van der Waals surface area contributed by atoms with E-state index in [1.165, 1.54) is 32.7 Å². The fraction of sp³-hybridized carbons (Fsp3) is 1.00. The molecule has 0 unspecified atom stereocenters. The maximum atomic E-state index is 2.58. The summed E-state index contributed by atoms with van der Waals surface area (Å²) in [6.45, 7) is 8.86. The highest BCUT2D eigenvalue weighted by molar-refractivity contribution is 4.84. The van der Waals surface area contributed by atoms with E-state index in [2.05, 4.69) is 16.7 Å². The van der Waals surface area contributed by atoms with Crippen molar-refractivity contribution in [1.82, 2.24) is 9.80 Å². The van der Waals surface area contributed by atoms with E-state index in [0.717, 1.165) is 6.04 Å². The largest absolute Gasteiger partial charge is 0.299 e. The van der Waals surface area contributed by atoms with Crippen molar-refractivity contribution in [3.63, 3.8) is 0 Å². The average molecular weight is 126 g/mol. The molecule has 2 nitrogen and oxygen atoms in total. The summed E-state index contributed by atoms with van der Waals surface area (Å²) < 4.78 is 0. The van der Waals surface area contributed by atoms with Crippen LogP contribution in [-0.4, -0.2) is 48.6 Å². The molecule has 0 saturated carbocycles. The van der Waals surface area contributed by atoms with Gasteiger partial charge < -0.3 is 0 Å². The molecule has 3 aliphatic heterocycles. The van der Waals surface area contributed by atoms with Crippen LogP contribution in [0.4, 0.5) is 0 Å².